The fourth-order valence-electron chi connectivity index (χ4n) is 2.84. The van der Waals surface area contributed by atoms with Crippen LogP contribution >= 0.6 is 0 Å². The molecule has 0 bridgehead atoms. The Morgan fingerprint density at radius 1 is 1.40 bits per heavy atom. The summed E-state index contributed by atoms with van der Waals surface area (Å²) in [7, 11) is 0. The van der Waals surface area contributed by atoms with Crippen molar-refractivity contribution >= 4 is 5.91 Å². The van der Waals surface area contributed by atoms with Gasteiger partial charge in [0.2, 0.25) is 5.91 Å². The van der Waals surface area contributed by atoms with Gasteiger partial charge in [-0.15, -0.1) is 0 Å². The molecular weight excluding hydrogens is 186 g/mol. The second kappa shape index (κ2) is 3.66. The number of rotatable bonds is 0. The van der Waals surface area contributed by atoms with Crippen molar-refractivity contribution in [3.8, 4) is 0 Å². The topological polar surface area (TPSA) is 20.3 Å². The first-order valence-corrected chi connectivity index (χ1v) is 5.98. The highest BCUT2D eigenvalue weighted by Crippen LogP contribution is 2.33. The van der Waals surface area contributed by atoms with Gasteiger partial charge in [0.15, 0.2) is 0 Å². The van der Waals surface area contributed by atoms with Gasteiger partial charge in [-0.3, -0.25) is 4.79 Å². The lowest BCUT2D eigenvalue weighted by Gasteiger charge is -2.33. The van der Waals surface area contributed by atoms with Crippen LogP contribution in [0.2, 0.25) is 0 Å². The summed E-state index contributed by atoms with van der Waals surface area (Å²) in [5, 5.41) is 0. The van der Waals surface area contributed by atoms with Crippen LogP contribution in [0.3, 0.4) is 0 Å². The lowest BCUT2D eigenvalue weighted by Crippen LogP contribution is -2.42. The van der Waals surface area contributed by atoms with Crippen LogP contribution in [0, 0.1) is 5.41 Å². The molecule has 2 heteroatoms. The molecule has 84 valence electrons. The minimum Gasteiger partial charge on any atom is -0.337 e. The lowest BCUT2D eigenvalue weighted by molar-refractivity contribution is -0.135. The Hall–Kier alpha value is -0.790. The highest BCUT2D eigenvalue weighted by molar-refractivity contribution is 5.78. The molecule has 0 saturated carbocycles. The highest BCUT2D eigenvalue weighted by Gasteiger charge is 2.36. The van der Waals surface area contributed by atoms with E-state index in [1.54, 1.807) is 0 Å². The summed E-state index contributed by atoms with van der Waals surface area (Å²) in [4.78, 5) is 14.3. The fourth-order valence-corrected chi connectivity index (χ4v) is 2.84. The molecule has 1 saturated heterocycles. The molecule has 2 heterocycles. The second-order valence-corrected chi connectivity index (χ2v) is 5.68. The van der Waals surface area contributed by atoms with Gasteiger partial charge in [-0.1, -0.05) is 26.0 Å². The number of amides is 1. The molecule has 0 N–H and O–H groups in total. The van der Waals surface area contributed by atoms with E-state index in [1.165, 1.54) is 12.8 Å². The van der Waals surface area contributed by atoms with E-state index in [2.05, 4.69) is 37.8 Å². The van der Waals surface area contributed by atoms with Gasteiger partial charge in [-0.05, 0) is 31.6 Å². The number of allylic oxidation sites excluding steroid dienone is 1. The Morgan fingerprint density at radius 3 is 2.87 bits per heavy atom. The van der Waals surface area contributed by atoms with Gasteiger partial charge >= 0.3 is 0 Å². The number of carbonyl (C=O) groups is 1. The third-order valence-electron chi connectivity index (χ3n) is 3.66. The first-order valence-electron chi connectivity index (χ1n) is 5.98. The van der Waals surface area contributed by atoms with E-state index in [0.717, 1.165) is 6.42 Å². The maximum atomic E-state index is 12.2. The smallest absolute Gasteiger partial charge is 0.223 e. The summed E-state index contributed by atoms with van der Waals surface area (Å²) in [5.74, 6) is 0.347. The van der Waals surface area contributed by atoms with Gasteiger partial charge < -0.3 is 4.90 Å². The predicted octanol–water partition coefficient (Wildman–Crippen LogP) is 2.74. The van der Waals surface area contributed by atoms with Crippen molar-refractivity contribution < 1.29 is 4.79 Å². The van der Waals surface area contributed by atoms with Crippen molar-refractivity contribution in [1.82, 2.24) is 4.90 Å². The predicted molar refractivity (Wildman–Crippen MR) is 61.5 cm³/mol. The largest absolute Gasteiger partial charge is 0.337 e. The number of fused-ring (bicyclic) bond motifs is 1. The molecule has 0 radical (unpaired) electrons. The van der Waals surface area contributed by atoms with Gasteiger partial charge in [0, 0.05) is 18.5 Å². The third kappa shape index (κ3) is 2.09. The average Bonchev–Trinajstić information content (AvgIpc) is 2.43. The normalized spacial score (nSPS) is 37.0. The molecule has 0 aliphatic carbocycles. The summed E-state index contributed by atoms with van der Waals surface area (Å²) in [5.41, 5.74) is 0.0321. The van der Waals surface area contributed by atoms with Crippen molar-refractivity contribution in [2.24, 2.45) is 5.41 Å². The van der Waals surface area contributed by atoms with Crippen molar-refractivity contribution in [3.63, 3.8) is 0 Å². The van der Waals surface area contributed by atoms with Crippen molar-refractivity contribution in [2.75, 3.05) is 0 Å². The zero-order chi connectivity index (χ0) is 11.1. The Balaban J connectivity index is 2.23. The molecule has 2 aliphatic rings. The molecule has 0 unspecified atom stereocenters. The molecule has 2 nitrogen and oxygen atoms in total. The van der Waals surface area contributed by atoms with Crippen LogP contribution in [-0.2, 0) is 4.79 Å². The molecule has 1 fully saturated rings. The minimum absolute atomic E-state index is 0.0321. The van der Waals surface area contributed by atoms with Crippen molar-refractivity contribution in [2.45, 2.75) is 58.5 Å². The van der Waals surface area contributed by atoms with E-state index >= 15 is 0 Å². The van der Waals surface area contributed by atoms with Gasteiger partial charge in [0.05, 0.1) is 0 Å². The fraction of sp³-hybridized carbons (Fsp3) is 0.769. The summed E-state index contributed by atoms with van der Waals surface area (Å²) < 4.78 is 0. The Labute approximate surface area is 92.3 Å². The SMILES string of the molecule is C[C@@H]1CC[C@@H]2C/C=C\C(C)(C)CC(=O)N21. The number of nitrogens with zero attached hydrogens (tertiary/aromatic N) is 1. The van der Waals surface area contributed by atoms with Crippen LogP contribution in [0.15, 0.2) is 12.2 Å². The number of hydrogen-bond donors (Lipinski definition) is 0. The zero-order valence-electron chi connectivity index (χ0n) is 9.99. The molecule has 0 aromatic heterocycles. The number of hydrogen-bond acceptors (Lipinski definition) is 1. The molecule has 1 amide bonds. The summed E-state index contributed by atoms with van der Waals surface area (Å²) >= 11 is 0. The first-order chi connectivity index (χ1) is 6.99. The van der Waals surface area contributed by atoms with E-state index in [9.17, 15) is 4.79 Å². The van der Waals surface area contributed by atoms with E-state index in [4.69, 9.17) is 0 Å². The minimum atomic E-state index is 0.0321. The number of carbonyl (C=O) groups excluding carboxylic acids is 1. The van der Waals surface area contributed by atoms with E-state index < -0.39 is 0 Å². The Kier molecular flexibility index (Phi) is 2.61. The first kappa shape index (κ1) is 10.7. The quantitative estimate of drug-likeness (QED) is 0.559. The van der Waals surface area contributed by atoms with Crippen LogP contribution < -0.4 is 0 Å². The van der Waals surface area contributed by atoms with Crippen LogP contribution in [0.1, 0.15) is 46.5 Å². The molecule has 2 aliphatic heterocycles. The van der Waals surface area contributed by atoms with Gasteiger partial charge in [0.1, 0.15) is 0 Å². The van der Waals surface area contributed by atoms with Gasteiger partial charge in [-0.2, -0.15) is 0 Å². The maximum absolute atomic E-state index is 12.2. The maximum Gasteiger partial charge on any atom is 0.223 e. The molecule has 0 spiro atoms. The van der Waals surface area contributed by atoms with E-state index in [-0.39, 0.29) is 5.41 Å². The Morgan fingerprint density at radius 2 is 2.13 bits per heavy atom. The molecule has 0 aromatic rings. The lowest BCUT2D eigenvalue weighted by atomic mass is 9.86. The molecule has 0 aromatic carbocycles. The summed E-state index contributed by atoms with van der Waals surface area (Å²) in [6.07, 6.45) is 8.53. The van der Waals surface area contributed by atoms with Gasteiger partial charge in [0.25, 0.3) is 0 Å². The highest BCUT2D eigenvalue weighted by atomic mass is 16.2. The van der Waals surface area contributed by atoms with E-state index in [0.29, 0.717) is 24.4 Å². The standard InChI is InChI=1S/C13H21NO/c1-10-6-7-11-5-4-8-13(2,3)9-12(15)14(10)11/h4,8,10-11H,5-7,9H2,1-3H3/b8-4-/t10-,11+/m1/s1. The molecular formula is C13H21NO. The summed E-state index contributed by atoms with van der Waals surface area (Å²) in [6, 6.07) is 0.921. The zero-order valence-corrected chi connectivity index (χ0v) is 9.99. The van der Waals surface area contributed by atoms with Gasteiger partial charge in [-0.25, -0.2) is 0 Å². The Bertz CT molecular complexity index is 293. The van der Waals surface area contributed by atoms with Crippen LogP contribution in [0.25, 0.3) is 0 Å². The molecule has 2 rings (SSSR count). The van der Waals surface area contributed by atoms with Crippen LogP contribution in [0.4, 0.5) is 0 Å². The average molecular weight is 207 g/mol. The monoisotopic (exact) mass is 207 g/mol. The van der Waals surface area contributed by atoms with Crippen LogP contribution in [-0.4, -0.2) is 22.9 Å². The second-order valence-electron chi connectivity index (χ2n) is 5.68. The van der Waals surface area contributed by atoms with Crippen molar-refractivity contribution in [3.05, 3.63) is 12.2 Å². The third-order valence-corrected chi connectivity index (χ3v) is 3.66. The van der Waals surface area contributed by atoms with Crippen LogP contribution in [0.5, 0.6) is 0 Å². The van der Waals surface area contributed by atoms with E-state index in [1.807, 2.05) is 0 Å². The molecule has 2 atom stereocenters. The van der Waals surface area contributed by atoms with Crippen molar-refractivity contribution in [1.29, 1.82) is 0 Å². The summed E-state index contributed by atoms with van der Waals surface area (Å²) in [6.45, 7) is 6.46. The molecule has 15 heavy (non-hydrogen) atoms.